The Morgan fingerprint density at radius 2 is 1.95 bits per heavy atom. The highest BCUT2D eigenvalue weighted by atomic mass is 16.3. The first-order valence-electron chi connectivity index (χ1n) is 7.21. The molecule has 0 aliphatic carbocycles. The van der Waals surface area contributed by atoms with E-state index in [1.807, 2.05) is 30.3 Å². The predicted octanol–water partition coefficient (Wildman–Crippen LogP) is 2.79. The Hall–Kier alpha value is -1.58. The molecule has 2 unspecified atom stereocenters. The van der Waals surface area contributed by atoms with Crippen LogP contribution >= 0.6 is 0 Å². The van der Waals surface area contributed by atoms with Gasteiger partial charge in [-0.2, -0.15) is 0 Å². The summed E-state index contributed by atoms with van der Waals surface area (Å²) in [6.07, 6.45) is 4.48. The lowest BCUT2D eigenvalue weighted by Gasteiger charge is -2.21. The minimum atomic E-state index is 0.101. The molecule has 0 amide bonds. The molecule has 20 heavy (non-hydrogen) atoms. The number of furan rings is 1. The third-order valence-electron chi connectivity index (χ3n) is 3.47. The fourth-order valence-corrected chi connectivity index (χ4v) is 2.37. The van der Waals surface area contributed by atoms with E-state index in [9.17, 15) is 5.11 Å². The molecule has 0 fully saturated rings. The van der Waals surface area contributed by atoms with Crippen LogP contribution in [-0.4, -0.2) is 23.8 Å². The Bertz CT molecular complexity index is 467. The van der Waals surface area contributed by atoms with Crippen LogP contribution in [0.3, 0.4) is 0 Å². The van der Waals surface area contributed by atoms with Crippen LogP contribution in [0.15, 0.2) is 53.1 Å². The Morgan fingerprint density at radius 3 is 2.60 bits per heavy atom. The van der Waals surface area contributed by atoms with Crippen molar-refractivity contribution in [3.63, 3.8) is 0 Å². The highest BCUT2D eigenvalue weighted by Gasteiger charge is 2.12. The molecule has 2 rings (SSSR count). The highest BCUT2D eigenvalue weighted by molar-refractivity contribution is 5.16. The van der Waals surface area contributed by atoms with Crippen molar-refractivity contribution in [3.8, 4) is 0 Å². The Kier molecular flexibility index (Phi) is 5.84. The molecule has 2 atom stereocenters. The zero-order valence-corrected chi connectivity index (χ0v) is 12.0. The Balaban J connectivity index is 1.77. The van der Waals surface area contributed by atoms with Gasteiger partial charge >= 0.3 is 0 Å². The monoisotopic (exact) mass is 273 g/mol. The number of aryl methyl sites for hydroxylation is 1. The van der Waals surface area contributed by atoms with E-state index in [0.29, 0.717) is 6.04 Å². The summed E-state index contributed by atoms with van der Waals surface area (Å²) in [5, 5.41) is 13.0. The molecule has 0 spiro atoms. The molecule has 0 saturated carbocycles. The summed E-state index contributed by atoms with van der Waals surface area (Å²) in [5.41, 5.74) is 1.25. The van der Waals surface area contributed by atoms with E-state index in [4.69, 9.17) is 4.42 Å². The van der Waals surface area contributed by atoms with E-state index in [0.717, 1.165) is 25.0 Å². The molecule has 0 saturated heterocycles. The molecule has 2 N–H and O–H groups in total. The first kappa shape index (κ1) is 14.8. The van der Waals surface area contributed by atoms with Gasteiger partial charge in [0.15, 0.2) is 0 Å². The summed E-state index contributed by atoms with van der Waals surface area (Å²) in [4.78, 5) is 0. The van der Waals surface area contributed by atoms with Crippen molar-refractivity contribution >= 4 is 0 Å². The highest BCUT2D eigenvalue weighted by Crippen LogP contribution is 2.08. The van der Waals surface area contributed by atoms with Crippen LogP contribution in [0.25, 0.3) is 0 Å². The lowest BCUT2D eigenvalue weighted by Crippen LogP contribution is -2.40. The van der Waals surface area contributed by atoms with Gasteiger partial charge in [-0.25, -0.2) is 0 Å². The fraction of sp³-hybridized carbons (Fsp3) is 0.412. The van der Waals surface area contributed by atoms with Crippen molar-refractivity contribution in [1.82, 2.24) is 5.32 Å². The van der Waals surface area contributed by atoms with Crippen molar-refractivity contribution in [2.75, 3.05) is 6.61 Å². The van der Waals surface area contributed by atoms with Crippen LogP contribution in [-0.2, 0) is 12.8 Å². The number of benzene rings is 1. The number of aliphatic hydroxyl groups is 1. The van der Waals surface area contributed by atoms with Gasteiger partial charge in [0.1, 0.15) is 5.76 Å². The van der Waals surface area contributed by atoms with Crippen molar-refractivity contribution in [1.29, 1.82) is 0 Å². The van der Waals surface area contributed by atoms with Gasteiger partial charge in [-0.3, -0.25) is 0 Å². The average Bonchev–Trinajstić information content (AvgIpc) is 2.99. The van der Waals surface area contributed by atoms with Crippen LogP contribution in [0.4, 0.5) is 0 Å². The largest absolute Gasteiger partial charge is 0.469 e. The molecule has 2 aromatic rings. The molecule has 0 bridgehead atoms. The van der Waals surface area contributed by atoms with Gasteiger partial charge in [-0.15, -0.1) is 0 Å². The maximum atomic E-state index is 9.51. The van der Waals surface area contributed by atoms with Gasteiger partial charge in [-0.05, 0) is 37.5 Å². The lowest BCUT2D eigenvalue weighted by atomic mass is 10.0. The number of nitrogens with one attached hydrogen (secondary N) is 1. The van der Waals surface area contributed by atoms with Crippen molar-refractivity contribution in [2.45, 2.75) is 38.3 Å². The topological polar surface area (TPSA) is 45.4 Å². The summed E-state index contributed by atoms with van der Waals surface area (Å²) in [7, 11) is 0. The van der Waals surface area contributed by atoms with E-state index >= 15 is 0 Å². The molecule has 3 nitrogen and oxygen atoms in total. The first-order chi connectivity index (χ1) is 9.78. The van der Waals surface area contributed by atoms with E-state index in [1.165, 1.54) is 5.56 Å². The summed E-state index contributed by atoms with van der Waals surface area (Å²) in [6, 6.07) is 14.6. The molecule has 0 aliphatic rings. The van der Waals surface area contributed by atoms with Crippen molar-refractivity contribution in [2.24, 2.45) is 0 Å². The fourth-order valence-electron chi connectivity index (χ4n) is 2.37. The third kappa shape index (κ3) is 4.83. The Morgan fingerprint density at radius 1 is 1.15 bits per heavy atom. The summed E-state index contributed by atoms with van der Waals surface area (Å²) in [5.74, 6) is 1.02. The van der Waals surface area contributed by atoms with Gasteiger partial charge in [0.2, 0.25) is 0 Å². The quantitative estimate of drug-likeness (QED) is 0.777. The van der Waals surface area contributed by atoms with Gasteiger partial charge in [0.25, 0.3) is 0 Å². The van der Waals surface area contributed by atoms with E-state index < -0.39 is 0 Å². The van der Waals surface area contributed by atoms with Crippen LogP contribution in [0, 0.1) is 0 Å². The second-order valence-electron chi connectivity index (χ2n) is 5.25. The van der Waals surface area contributed by atoms with Crippen molar-refractivity contribution in [3.05, 3.63) is 60.1 Å². The molecule has 3 heteroatoms. The smallest absolute Gasteiger partial charge is 0.103 e. The van der Waals surface area contributed by atoms with E-state index in [2.05, 4.69) is 24.4 Å². The number of hydrogen-bond donors (Lipinski definition) is 2. The van der Waals surface area contributed by atoms with Gasteiger partial charge in [-0.1, -0.05) is 30.3 Å². The van der Waals surface area contributed by atoms with Crippen molar-refractivity contribution < 1.29 is 9.52 Å². The summed E-state index contributed by atoms with van der Waals surface area (Å²) < 4.78 is 5.33. The van der Waals surface area contributed by atoms with E-state index in [1.54, 1.807) is 6.26 Å². The number of hydrogen-bond acceptors (Lipinski definition) is 3. The molecular weight excluding hydrogens is 250 g/mol. The SMILES string of the molecule is CC(CCc1ccco1)NC(CO)Cc1ccccc1. The molecule has 0 radical (unpaired) electrons. The number of aliphatic hydroxyl groups excluding tert-OH is 1. The maximum Gasteiger partial charge on any atom is 0.103 e. The van der Waals surface area contributed by atoms with Crippen LogP contribution in [0.2, 0.25) is 0 Å². The zero-order valence-electron chi connectivity index (χ0n) is 12.0. The zero-order chi connectivity index (χ0) is 14.2. The predicted molar refractivity (Wildman–Crippen MR) is 80.6 cm³/mol. The van der Waals surface area contributed by atoms with Gasteiger partial charge in [0.05, 0.1) is 12.9 Å². The Labute approximate surface area is 120 Å². The molecule has 1 heterocycles. The second kappa shape index (κ2) is 7.88. The van der Waals surface area contributed by atoms with Gasteiger partial charge < -0.3 is 14.8 Å². The first-order valence-corrected chi connectivity index (χ1v) is 7.21. The molecule has 108 valence electrons. The molecule has 0 aliphatic heterocycles. The minimum Gasteiger partial charge on any atom is -0.469 e. The molecular formula is C17H23NO2. The normalized spacial score (nSPS) is 14.1. The lowest BCUT2D eigenvalue weighted by molar-refractivity contribution is 0.230. The minimum absolute atomic E-state index is 0.101. The maximum absolute atomic E-state index is 9.51. The van der Waals surface area contributed by atoms with E-state index in [-0.39, 0.29) is 12.6 Å². The standard InChI is InChI=1S/C17H23NO2/c1-14(9-10-17-8-5-11-20-17)18-16(13-19)12-15-6-3-2-4-7-15/h2-8,11,14,16,18-19H,9-10,12-13H2,1H3. The third-order valence-corrected chi connectivity index (χ3v) is 3.47. The average molecular weight is 273 g/mol. The van der Waals surface area contributed by atoms with Crippen LogP contribution < -0.4 is 5.32 Å². The number of rotatable bonds is 8. The molecule has 1 aromatic carbocycles. The summed E-state index contributed by atoms with van der Waals surface area (Å²) >= 11 is 0. The summed E-state index contributed by atoms with van der Waals surface area (Å²) in [6.45, 7) is 2.30. The van der Waals surface area contributed by atoms with Crippen LogP contribution in [0.1, 0.15) is 24.7 Å². The van der Waals surface area contributed by atoms with Gasteiger partial charge in [0, 0.05) is 18.5 Å². The molecule has 1 aromatic heterocycles. The second-order valence-corrected chi connectivity index (χ2v) is 5.25. The van der Waals surface area contributed by atoms with Crippen LogP contribution in [0.5, 0.6) is 0 Å².